The molecule has 0 aromatic heterocycles. The van der Waals surface area contributed by atoms with Crippen molar-refractivity contribution in [1.29, 1.82) is 0 Å². The second kappa shape index (κ2) is 5.21. The van der Waals surface area contributed by atoms with Gasteiger partial charge in [-0.2, -0.15) is 0 Å². The Morgan fingerprint density at radius 3 is 1.86 bits per heavy atom. The number of fused-ring (bicyclic) bond motifs is 1. The highest BCUT2D eigenvalue weighted by Crippen LogP contribution is 2.47. The minimum atomic E-state index is 0.477. The van der Waals surface area contributed by atoms with Gasteiger partial charge in [-0.05, 0) is 34.6 Å². The molecule has 0 N–H and O–H groups in total. The average Bonchev–Trinajstić information content (AvgIpc) is 2.96. The van der Waals surface area contributed by atoms with E-state index in [9.17, 15) is 0 Å². The molecule has 0 fully saturated rings. The fourth-order valence-electron chi connectivity index (χ4n) is 3.68. The molecule has 1 aliphatic rings. The zero-order valence-corrected chi connectivity index (χ0v) is 11.9. The van der Waals surface area contributed by atoms with Gasteiger partial charge in [0.25, 0.3) is 0 Å². The van der Waals surface area contributed by atoms with E-state index in [1.807, 2.05) is 0 Å². The summed E-state index contributed by atoms with van der Waals surface area (Å²) in [5.74, 6) is 1.02. The minimum Gasteiger partial charge on any atom is -0.0622 e. The SMILES string of the molecule is c1ccc([C@@H]2c3ccccc3C[C@H]2c2ccccc2)cc1. The van der Waals surface area contributed by atoms with E-state index < -0.39 is 0 Å². The van der Waals surface area contributed by atoms with Gasteiger partial charge in [0.2, 0.25) is 0 Å². The molecule has 21 heavy (non-hydrogen) atoms. The van der Waals surface area contributed by atoms with Gasteiger partial charge in [-0.15, -0.1) is 0 Å². The number of hydrogen-bond acceptors (Lipinski definition) is 0. The van der Waals surface area contributed by atoms with Crippen molar-refractivity contribution in [2.75, 3.05) is 0 Å². The van der Waals surface area contributed by atoms with E-state index >= 15 is 0 Å². The molecular formula is C21H18. The maximum absolute atomic E-state index is 2.30. The lowest BCUT2D eigenvalue weighted by Gasteiger charge is -2.21. The smallest absolute Gasteiger partial charge is 0.0164 e. The van der Waals surface area contributed by atoms with E-state index in [1.54, 1.807) is 0 Å². The van der Waals surface area contributed by atoms with E-state index in [2.05, 4.69) is 84.9 Å². The Bertz CT molecular complexity index is 728. The Kier molecular flexibility index (Phi) is 3.08. The number of benzene rings is 3. The number of rotatable bonds is 2. The van der Waals surface area contributed by atoms with Gasteiger partial charge in [0.1, 0.15) is 0 Å². The van der Waals surface area contributed by atoms with Gasteiger partial charge in [0.15, 0.2) is 0 Å². The molecule has 0 heterocycles. The van der Waals surface area contributed by atoms with E-state index in [4.69, 9.17) is 0 Å². The molecule has 0 heteroatoms. The summed E-state index contributed by atoms with van der Waals surface area (Å²) < 4.78 is 0. The van der Waals surface area contributed by atoms with Crippen LogP contribution in [-0.2, 0) is 6.42 Å². The molecule has 0 radical (unpaired) electrons. The summed E-state index contributed by atoms with van der Waals surface area (Å²) in [4.78, 5) is 0. The summed E-state index contributed by atoms with van der Waals surface area (Å²) in [6.07, 6.45) is 1.14. The van der Waals surface area contributed by atoms with Crippen LogP contribution in [0.2, 0.25) is 0 Å². The highest BCUT2D eigenvalue weighted by Gasteiger charge is 2.33. The first-order valence-electron chi connectivity index (χ1n) is 7.61. The standard InChI is InChI=1S/C21H18/c1-3-9-16(10-4-1)20-15-18-13-7-8-14-19(18)21(20)17-11-5-2-6-12-17/h1-14,20-21H,15H2/t20-,21+/m0/s1. The molecule has 3 aromatic carbocycles. The van der Waals surface area contributed by atoms with Crippen molar-refractivity contribution < 1.29 is 0 Å². The van der Waals surface area contributed by atoms with Crippen molar-refractivity contribution >= 4 is 0 Å². The summed E-state index contributed by atoms with van der Waals surface area (Å²) in [5.41, 5.74) is 5.87. The largest absolute Gasteiger partial charge is 0.0622 e. The third-order valence-electron chi connectivity index (χ3n) is 4.62. The molecule has 0 spiro atoms. The van der Waals surface area contributed by atoms with Gasteiger partial charge >= 0.3 is 0 Å². The zero-order chi connectivity index (χ0) is 14.1. The molecule has 0 amide bonds. The molecule has 3 aromatic rings. The Hall–Kier alpha value is -2.34. The van der Waals surface area contributed by atoms with Crippen molar-refractivity contribution in [3.8, 4) is 0 Å². The van der Waals surface area contributed by atoms with Crippen molar-refractivity contribution in [2.45, 2.75) is 18.3 Å². The maximum Gasteiger partial charge on any atom is 0.0164 e. The average molecular weight is 270 g/mol. The van der Waals surface area contributed by atoms with Crippen molar-refractivity contribution in [3.05, 3.63) is 107 Å². The number of hydrogen-bond donors (Lipinski definition) is 0. The minimum absolute atomic E-state index is 0.477. The molecule has 0 aliphatic heterocycles. The van der Waals surface area contributed by atoms with E-state index in [1.165, 1.54) is 22.3 Å². The Morgan fingerprint density at radius 2 is 1.14 bits per heavy atom. The molecule has 0 saturated heterocycles. The fourth-order valence-corrected chi connectivity index (χ4v) is 3.68. The summed E-state index contributed by atoms with van der Waals surface area (Å²) in [5, 5.41) is 0. The Morgan fingerprint density at radius 1 is 0.571 bits per heavy atom. The predicted octanol–water partition coefficient (Wildman–Crippen LogP) is 5.16. The molecule has 2 atom stereocenters. The highest BCUT2D eigenvalue weighted by atomic mass is 14.4. The van der Waals surface area contributed by atoms with Crippen LogP contribution in [-0.4, -0.2) is 0 Å². The van der Waals surface area contributed by atoms with Gasteiger partial charge < -0.3 is 0 Å². The molecule has 102 valence electrons. The predicted molar refractivity (Wildman–Crippen MR) is 87.6 cm³/mol. The molecule has 0 unspecified atom stereocenters. The van der Waals surface area contributed by atoms with Crippen LogP contribution in [0.15, 0.2) is 84.9 Å². The van der Waals surface area contributed by atoms with E-state index in [0.717, 1.165) is 6.42 Å². The van der Waals surface area contributed by atoms with Crippen LogP contribution in [0.5, 0.6) is 0 Å². The normalized spacial score (nSPS) is 20.2. The molecule has 1 aliphatic carbocycles. The quantitative estimate of drug-likeness (QED) is 0.603. The first-order valence-corrected chi connectivity index (χ1v) is 7.61. The van der Waals surface area contributed by atoms with Crippen LogP contribution in [0.3, 0.4) is 0 Å². The summed E-state index contributed by atoms with van der Waals surface area (Å²) in [6, 6.07) is 30.8. The zero-order valence-electron chi connectivity index (χ0n) is 11.9. The second-order valence-electron chi connectivity index (χ2n) is 5.81. The topological polar surface area (TPSA) is 0 Å². The van der Waals surface area contributed by atoms with Gasteiger partial charge in [-0.3, -0.25) is 0 Å². The van der Waals surface area contributed by atoms with Gasteiger partial charge in [0.05, 0.1) is 0 Å². The molecular weight excluding hydrogens is 252 g/mol. The monoisotopic (exact) mass is 270 g/mol. The van der Waals surface area contributed by atoms with Gasteiger partial charge in [0, 0.05) is 5.92 Å². The Labute approximate surface area is 126 Å². The molecule has 0 saturated carbocycles. The van der Waals surface area contributed by atoms with E-state index in [-0.39, 0.29) is 0 Å². The van der Waals surface area contributed by atoms with Crippen molar-refractivity contribution in [3.63, 3.8) is 0 Å². The maximum atomic E-state index is 2.30. The van der Waals surface area contributed by atoms with Gasteiger partial charge in [-0.1, -0.05) is 84.9 Å². The van der Waals surface area contributed by atoms with Crippen LogP contribution < -0.4 is 0 Å². The summed E-state index contributed by atoms with van der Waals surface area (Å²) in [6.45, 7) is 0. The first kappa shape index (κ1) is 12.4. The lowest BCUT2D eigenvalue weighted by Crippen LogP contribution is -2.07. The van der Waals surface area contributed by atoms with Crippen LogP contribution in [0.1, 0.15) is 34.1 Å². The summed E-state index contributed by atoms with van der Waals surface area (Å²) in [7, 11) is 0. The second-order valence-corrected chi connectivity index (χ2v) is 5.81. The van der Waals surface area contributed by atoms with Gasteiger partial charge in [-0.25, -0.2) is 0 Å². The van der Waals surface area contributed by atoms with Crippen LogP contribution in [0.25, 0.3) is 0 Å². The Balaban J connectivity index is 1.85. The van der Waals surface area contributed by atoms with E-state index in [0.29, 0.717) is 11.8 Å². The first-order chi connectivity index (χ1) is 10.4. The lowest BCUT2D eigenvalue weighted by atomic mass is 9.82. The highest BCUT2D eigenvalue weighted by molar-refractivity contribution is 5.47. The van der Waals surface area contributed by atoms with Crippen molar-refractivity contribution in [1.82, 2.24) is 0 Å². The molecule has 4 rings (SSSR count). The van der Waals surface area contributed by atoms with Crippen LogP contribution >= 0.6 is 0 Å². The third kappa shape index (κ3) is 2.17. The third-order valence-corrected chi connectivity index (χ3v) is 4.62. The fraction of sp³-hybridized carbons (Fsp3) is 0.143. The van der Waals surface area contributed by atoms with Crippen LogP contribution in [0, 0.1) is 0 Å². The lowest BCUT2D eigenvalue weighted by molar-refractivity contribution is 0.657. The van der Waals surface area contributed by atoms with Crippen LogP contribution in [0.4, 0.5) is 0 Å². The van der Waals surface area contributed by atoms with Crippen molar-refractivity contribution in [2.24, 2.45) is 0 Å². The summed E-state index contributed by atoms with van der Waals surface area (Å²) >= 11 is 0. The molecule has 0 bridgehead atoms. The molecule has 0 nitrogen and oxygen atoms in total.